The Morgan fingerprint density at radius 1 is 1.00 bits per heavy atom. The Labute approximate surface area is 121 Å². The van der Waals surface area contributed by atoms with Gasteiger partial charge in [-0.15, -0.1) is 0 Å². The number of hydrogen-bond acceptors (Lipinski definition) is 2. The highest BCUT2D eigenvalue weighted by atomic mass is 19.2. The van der Waals surface area contributed by atoms with Gasteiger partial charge in [0, 0.05) is 11.6 Å². The summed E-state index contributed by atoms with van der Waals surface area (Å²) in [7, 11) is 0. The van der Waals surface area contributed by atoms with E-state index in [0.29, 0.717) is 12.0 Å². The summed E-state index contributed by atoms with van der Waals surface area (Å²) in [5.74, 6) is -2.47. The number of para-hydroxylation sites is 1. The quantitative estimate of drug-likeness (QED) is 0.915. The van der Waals surface area contributed by atoms with Gasteiger partial charge in [-0.1, -0.05) is 24.3 Å². The van der Waals surface area contributed by atoms with Crippen LogP contribution in [0.4, 0.5) is 13.2 Å². The van der Waals surface area contributed by atoms with Crippen LogP contribution in [0.3, 0.4) is 0 Å². The molecule has 0 spiro atoms. The molecule has 21 heavy (non-hydrogen) atoms. The second-order valence-corrected chi connectivity index (χ2v) is 4.91. The minimum absolute atomic E-state index is 0.0264. The predicted octanol–water partition coefficient (Wildman–Crippen LogP) is 3.57. The lowest BCUT2D eigenvalue weighted by molar-refractivity contribution is 0.279. The molecule has 2 rings (SSSR count). The van der Waals surface area contributed by atoms with Crippen LogP contribution in [0.2, 0.25) is 0 Å². The fourth-order valence-electron chi connectivity index (χ4n) is 2.03. The maximum absolute atomic E-state index is 13.8. The van der Waals surface area contributed by atoms with Crippen LogP contribution in [-0.4, -0.2) is 6.04 Å². The lowest BCUT2D eigenvalue weighted by atomic mass is 10.1. The summed E-state index contributed by atoms with van der Waals surface area (Å²) in [5.41, 5.74) is 6.34. The second kappa shape index (κ2) is 6.63. The molecule has 0 radical (unpaired) electrons. The Morgan fingerprint density at radius 2 is 1.62 bits per heavy atom. The Balaban J connectivity index is 2.21. The van der Waals surface area contributed by atoms with Crippen LogP contribution in [0.25, 0.3) is 0 Å². The van der Waals surface area contributed by atoms with Crippen LogP contribution in [0.5, 0.6) is 5.75 Å². The van der Waals surface area contributed by atoms with Crippen molar-refractivity contribution < 1.29 is 17.9 Å². The third-order valence-electron chi connectivity index (χ3n) is 2.99. The molecule has 2 N–H and O–H groups in total. The predicted molar refractivity (Wildman–Crippen MR) is 74.4 cm³/mol. The number of benzene rings is 2. The first kappa shape index (κ1) is 15.4. The second-order valence-electron chi connectivity index (χ2n) is 4.91. The molecule has 0 aliphatic rings. The summed E-state index contributed by atoms with van der Waals surface area (Å²) in [4.78, 5) is 0. The van der Waals surface area contributed by atoms with Crippen LogP contribution >= 0.6 is 0 Å². The lowest BCUT2D eigenvalue weighted by Gasteiger charge is -2.14. The maximum Gasteiger partial charge on any atom is 0.165 e. The summed E-state index contributed by atoms with van der Waals surface area (Å²) in [5, 5.41) is 0. The van der Waals surface area contributed by atoms with Crippen molar-refractivity contribution in [3.63, 3.8) is 0 Å². The van der Waals surface area contributed by atoms with Crippen molar-refractivity contribution in [2.75, 3.05) is 0 Å². The molecule has 112 valence electrons. The van der Waals surface area contributed by atoms with Crippen LogP contribution in [0, 0.1) is 17.5 Å². The van der Waals surface area contributed by atoms with Gasteiger partial charge in [-0.2, -0.15) is 0 Å². The standard InChI is InChI=1S/C16H16F3NO/c1-10(20)8-11-4-2-7-14(18)16(11)21-9-12-5-3-6-13(17)15(12)19/h2-7,10H,8-9,20H2,1H3. The van der Waals surface area contributed by atoms with Crippen molar-refractivity contribution >= 4 is 0 Å². The van der Waals surface area contributed by atoms with Crippen molar-refractivity contribution in [1.29, 1.82) is 0 Å². The van der Waals surface area contributed by atoms with Gasteiger partial charge in [0.15, 0.2) is 23.2 Å². The smallest absolute Gasteiger partial charge is 0.165 e. The molecule has 2 nitrogen and oxygen atoms in total. The van der Waals surface area contributed by atoms with E-state index in [9.17, 15) is 13.2 Å². The maximum atomic E-state index is 13.8. The van der Waals surface area contributed by atoms with Crippen molar-refractivity contribution in [2.24, 2.45) is 5.73 Å². The molecule has 0 saturated carbocycles. The van der Waals surface area contributed by atoms with Crippen molar-refractivity contribution in [2.45, 2.75) is 26.0 Å². The highest BCUT2D eigenvalue weighted by Gasteiger charge is 2.13. The Hall–Kier alpha value is -2.01. The molecule has 5 heteroatoms. The molecule has 0 aliphatic heterocycles. The molecule has 0 saturated heterocycles. The Kier molecular flexibility index (Phi) is 4.85. The third kappa shape index (κ3) is 3.76. The van der Waals surface area contributed by atoms with Gasteiger partial charge in [-0.25, -0.2) is 13.2 Å². The van der Waals surface area contributed by atoms with Gasteiger partial charge in [-0.3, -0.25) is 0 Å². The fourth-order valence-corrected chi connectivity index (χ4v) is 2.03. The van der Waals surface area contributed by atoms with E-state index >= 15 is 0 Å². The fraction of sp³-hybridized carbons (Fsp3) is 0.250. The zero-order valence-electron chi connectivity index (χ0n) is 11.6. The average molecular weight is 295 g/mol. The summed E-state index contributed by atoms with van der Waals surface area (Å²) in [6.45, 7) is 1.54. The van der Waals surface area contributed by atoms with E-state index in [-0.39, 0.29) is 24.0 Å². The number of halogens is 3. The van der Waals surface area contributed by atoms with Crippen LogP contribution in [0.15, 0.2) is 36.4 Å². The van der Waals surface area contributed by atoms with Gasteiger partial charge in [0.05, 0.1) is 0 Å². The number of rotatable bonds is 5. The molecule has 0 heterocycles. The molecule has 0 aromatic heterocycles. The van der Waals surface area contributed by atoms with E-state index in [4.69, 9.17) is 10.5 Å². The Morgan fingerprint density at radius 3 is 2.29 bits per heavy atom. The van der Waals surface area contributed by atoms with Gasteiger partial charge in [0.1, 0.15) is 6.61 Å². The summed E-state index contributed by atoms with van der Waals surface area (Å²) >= 11 is 0. The first-order valence-electron chi connectivity index (χ1n) is 6.57. The van der Waals surface area contributed by atoms with Crippen molar-refractivity contribution in [3.8, 4) is 5.75 Å². The topological polar surface area (TPSA) is 35.2 Å². The van der Waals surface area contributed by atoms with Gasteiger partial charge < -0.3 is 10.5 Å². The third-order valence-corrected chi connectivity index (χ3v) is 2.99. The highest BCUT2D eigenvalue weighted by Crippen LogP contribution is 2.25. The van der Waals surface area contributed by atoms with Crippen molar-refractivity contribution in [1.82, 2.24) is 0 Å². The normalized spacial score (nSPS) is 12.2. The van der Waals surface area contributed by atoms with Crippen LogP contribution < -0.4 is 10.5 Å². The van der Waals surface area contributed by atoms with Crippen molar-refractivity contribution in [3.05, 3.63) is 65.0 Å². The lowest BCUT2D eigenvalue weighted by Crippen LogP contribution is -2.18. The minimum atomic E-state index is -0.984. The molecule has 2 aromatic rings. The largest absolute Gasteiger partial charge is 0.485 e. The van der Waals surface area contributed by atoms with E-state index in [1.165, 1.54) is 18.2 Å². The summed E-state index contributed by atoms with van der Waals surface area (Å²) in [6, 6.07) is 8.13. The first-order chi connectivity index (χ1) is 9.99. The first-order valence-corrected chi connectivity index (χ1v) is 6.57. The number of hydrogen-bond donors (Lipinski definition) is 1. The van der Waals surface area contributed by atoms with E-state index < -0.39 is 17.5 Å². The summed E-state index contributed by atoms with van der Waals surface area (Å²) < 4.78 is 45.9. The number of ether oxygens (including phenoxy) is 1. The molecule has 0 fully saturated rings. The van der Waals surface area contributed by atoms with Gasteiger partial charge in [0.2, 0.25) is 0 Å². The van der Waals surface area contributed by atoms with Gasteiger partial charge in [-0.05, 0) is 31.0 Å². The molecular weight excluding hydrogens is 279 g/mol. The van der Waals surface area contributed by atoms with Gasteiger partial charge >= 0.3 is 0 Å². The molecular formula is C16H16F3NO. The monoisotopic (exact) mass is 295 g/mol. The van der Waals surface area contributed by atoms with E-state index in [2.05, 4.69) is 0 Å². The molecule has 0 amide bonds. The summed E-state index contributed by atoms with van der Waals surface area (Å²) in [6.07, 6.45) is 0.429. The SMILES string of the molecule is CC(N)Cc1cccc(F)c1OCc1cccc(F)c1F. The van der Waals surface area contributed by atoms with Gasteiger partial charge in [0.25, 0.3) is 0 Å². The highest BCUT2D eigenvalue weighted by molar-refractivity contribution is 5.36. The minimum Gasteiger partial charge on any atom is -0.485 e. The van der Waals surface area contributed by atoms with Crippen LogP contribution in [-0.2, 0) is 13.0 Å². The molecule has 1 unspecified atom stereocenters. The average Bonchev–Trinajstić information content (AvgIpc) is 2.42. The zero-order valence-corrected chi connectivity index (χ0v) is 11.6. The zero-order chi connectivity index (χ0) is 15.4. The Bertz CT molecular complexity index is 629. The molecule has 1 atom stereocenters. The van der Waals surface area contributed by atoms with E-state index in [1.807, 2.05) is 0 Å². The molecule has 0 bridgehead atoms. The molecule has 2 aromatic carbocycles. The number of nitrogens with two attached hydrogens (primary N) is 1. The molecule has 0 aliphatic carbocycles. The van der Waals surface area contributed by atoms with E-state index in [0.717, 1.165) is 6.07 Å². The van der Waals surface area contributed by atoms with Crippen LogP contribution in [0.1, 0.15) is 18.1 Å². The van der Waals surface area contributed by atoms with E-state index in [1.54, 1.807) is 19.1 Å².